The van der Waals surface area contributed by atoms with E-state index < -0.39 is 0 Å². The van der Waals surface area contributed by atoms with Crippen LogP contribution >= 0.6 is 23.4 Å². The Bertz CT molecular complexity index is 712. The van der Waals surface area contributed by atoms with Crippen molar-refractivity contribution in [1.29, 1.82) is 0 Å². The molecule has 0 aromatic heterocycles. The van der Waals surface area contributed by atoms with Gasteiger partial charge in [-0.25, -0.2) is 0 Å². The number of benzene rings is 2. The quantitative estimate of drug-likeness (QED) is 0.588. The van der Waals surface area contributed by atoms with Crippen molar-refractivity contribution in [3.05, 3.63) is 64.0 Å². The van der Waals surface area contributed by atoms with E-state index in [4.69, 9.17) is 11.6 Å². The summed E-state index contributed by atoms with van der Waals surface area (Å²) >= 11 is 7.45. The summed E-state index contributed by atoms with van der Waals surface area (Å²) in [6, 6.07) is 15.2. The predicted octanol–water partition coefficient (Wildman–Crippen LogP) is 5.02. The van der Waals surface area contributed by atoms with E-state index in [1.54, 1.807) is 11.8 Å². The Morgan fingerprint density at radius 1 is 1.19 bits per heavy atom. The van der Waals surface area contributed by atoms with Crippen LogP contribution in [0.4, 0.5) is 5.69 Å². The zero-order chi connectivity index (χ0) is 14.8. The third kappa shape index (κ3) is 3.01. The van der Waals surface area contributed by atoms with Gasteiger partial charge in [-0.15, -0.1) is 11.8 Å². The fraction of sp³-hybridized carbons (Fsp3) is 0.188. The Morgan fingerprint density at radius 2 is 1.90 bits per heavy atom. The molecule has 1 atom stereocenters. The summed E-state index contributed by atoms with van der Waals surface area (Å²) in [5, 5.41) is 0.711. The number of fused-ring (bicyclic) bond motifs is 1. The first kappa shape index (κ1) is 14.3. The maximum absolute atomic E-state index is 12.3. The number of halogens is 1. The number of nitroso groups, excluding NO2 is 1. The van der Waals surface area contributed by atoms with E-state index in [0.717, 1.165) is 20.9 Å². The minimum absolute atomic E-state index is 0.195. The second kappa shape index (κ2) is 6.00. The average Bonchev–Trinajstić information content (AvgIpc) is 2.51. The molecule has 21 heavy (non-hydrogen) atoms. The minimum atomic E-state index is -0.195. The van der Waals surface area contributed by atoms with Gasteiger partial charge in [-0.3, -0.25) is 0 Å². The zero-order valence-corrected chi connectivity index (χ0v) is 13.1. The fourth-order valence-electron chi connectivity index (χ4n) is 2.26. The van der Waals surface area contributed by atoms with Crippen LogP contribution in [-0.4, -0.2) is 16.3 Å². The van der Waals surface area contributed by atoms with E-state index in [-0.39, 0.29) is 6.04 Å². The van der Waals surface area contributed by atoms with Gasteiger partial charge in [-0.1, -0.05) is 34.7 Å². The molecule has 0 saturated heterocycles. The molecule has 1 aliphatic rings. The normalized spacial score (nSPS) is 17.3. The molecule has 0 saturated carbocycles. The molecule has 0 aliphatic carbocycles. The summed E-state index contributed by atoms with van der Waals surface area (Å²) in [5.41, 5.74) is 1.87. The number of hydrogen-bond acceptors (Lipinski definition) is 3. The molecule has 3 rings (SSSR count). The summed E-state index contributed by atoms with van der Waals surface area (Å²) in [7, 11) is 0. The highest BCUT2D eigenvalue weighted by Gasteiger charge is 2.34. The van der Waals surface area contributed by atoms with Gasteiger partial charge in [0.1, 0.15) is 5.75 Å². The number of aliphatic imine (C=N–C) groups is 1. The molecule has 0 spiro atoms. The molecule has 1 unspecified atom stereocenters. The highest BCUT2D eigenvalue weighted by atomic mass is 35.5. The first-order valence-electron chi connectivity index (χ1n) is 6.66. The third-order valence-electron chi connectivity index (χ3n) is 3.42. The van der Waals surface area contributed by atoms with Crippen molar-refractivity contribution in [1.82, 2.24) is 0 Å². The molecule has 0 bridgehead atoms. The topological polar surface area (TPSA) is 32.4 Å². The number of para-hydroxylation sites is 1. The standard InChI is InChI=1S/C16H14ClN2OS/c1-11-14-4-2-3-5-15(14)18-16(19(11)20)10-21-13-8-6-12(17)7-9-13/h2-9,11H,10H2,1H3/q+1. The minimum Gasteiger partial charge on any atom is -0.113 e. The van der Waals surface area contributed by atoms with Crippen LogP contribution in [0.2, 0.25) is 5.02 Å². The molecule has 0 fully saturated rings. The van der Waals surface area contributed by atoms with Crippen LogP contribution < -0.4 is 0 Å². The molecule has 1 aliphatic heterocycles. The molecular weight excluding hydrogens is 304 g/mol. The highest BCUT2D eigenvalue weighted by Crippen LogP contribution is 2.33. The smallest absolute Gasteiger partial charge is 0.113 e. The summed E-state index contributed by atoms with van der Waals surface area (Å²) in [6.07, 6.45) is 0. The van der Waals surface area contributed by atoms with E-state index in [1.807, 2.05) is 55.5 Å². The molecule has 106 valence electrons. The number of thioether (sulfide) groups is 1. The average molecular weight is 318 g/mol. The molecule has 0 N–H and O–H groups in total. The van der Waals surface area contributed by atoms with Crippen LogP contribution in [0.3, 0.4) is 0 Å². The van der Waals surface area contributed by atoms with Crippen molar-refractivity contribution in [2.75, 3.05) is 5.75 Å². The Labute approximate surface area is 132 Å². The summed E-state index contributed by atoms with van der Waals surface area (Å²) in [5.74, 6) is 1.10. The van der Waals surface area contributed by atoms with Crippen molar-refractivity contribution in [3.63, 3.8) is 0 Å². The van der Waals surface area contributed by atoms with Crippen molar-refractivity contribution < 1.29 is 4.76 Å². The lowest BCUT2D eigenvalue weighted by Gasteiger charge is -2.13. The maximum Gasteiger partial charge on any atom is 0.347 e. The molecule has 5 heteroatoms. The van der Waals surface area contributed by atoms with Crippen LogP contribution in [0.15, 0.2) is 58.4 Å². The molecule has 2 aromatic rings. The highest BCUT2D eigenvalue weighted by molar-refractivity contribution is 8.00. The Morgan fingerprint density at radius 3 is 2.67 bits per heavy atom. The monoisotopic (exact) mass is 317 g/mol. The van der Waals surface area contributed by atoms with Gasteiger partial charge < -0.3 is 0 Å². The molecule has 1 heterocycles. The molecule has 2 aromatic carbocycles. The van der Waals surface area contributed by atoms with Crippen LogP contribution in [0.5, 0.6) is 0 Å². The number of amidine groups is 1. The Hall–Kier alpha value is -1.65. The number of rotatable bonds is 3. The van der Waals surface area contributed by atoms with Crippen LogP contribution in [0.1, 0.15) is 18.5 Å². The van der Waals surface area contributed by atoms with Crippen molar-refractivity contribution in [2.24, 2.45) is 4.99 Å². The largest absolute Gasteiger partial charge is 0.347 e. The van der Waals surface area contributed by atoms with Crippen molar-refractivity contribution in [3.8, 4) is 0 Å². The van der Waals surface area contributed by atoms with Crippen LogP contribution in [0.25, 0.3) is 0 Å². The predicted molar refractivity (Wildman–Crippen MR) is 87.8 cm³/mol. The van der Waals surface area contributed by atoms with Gasteiger partial charge in [-0.05, 0) is 47.0 Å². The van der Waals surface area contributed by atoms with E-state index in [9.17, 15) is 4.91 Å². The number of nitrogens with zero attached hydrogens (tertiary/aromatic N) is 2. The van der Waals surface area contributed by atoms with Gasteiger partial charge >= 0.3 is 5.84 Å². The lowest BCUT2D eigenvalue weighted by atomic mass is 10.0. The lowest BCUT2D eigenvalue weighted by molar-refractivity contribution is -0.480. The first-order valence-corrected chi connectivity index (χ1v) is 8.03. The summed E-state index contributed by atoms with van der Waals surface area (Å²) in [4.78, 5) is 17.9. The molecule has 0 radical (unpaired) electrons. The van der Waals surface area contributed by atoms with Gasteiger partial charge in [-0.2, -0.15) is 0 Å². The second-order valence-electron chi connectivity index (χ2n) is 4.83. The lowest BCUT2D eigenvalue weighted by Crippen LogP contribution is -2.26. The van der Waals surface area contributed by atoms with E-state index in [2.05, 4.69) is 4.99 Å². The first-order chi connectivity index (χ1) is 10.1. The van der Waals surface area contributed by atoms with E-state index >= 15 is 0 Å². The molecule has 3 nitrogen and oxygen atoms in total. The van der Waals surface area contributed by atoms with Crippen LogP contribution in [-0.2, 0) is 0 Å². The van der Waals surface area contributed by atoms with E-state index in [0.29, 0.717) is 16.6 Å². The fourth-order valence-corrected chi connectivity index (χ4v) is 3.20. The summed E-state index contributed by atoms with van der Waals surface area (Å²) < 4.78 is 1.01. The maximum atomic E-state index is 12.3. The second-order valence-corrected chi connectivity index (χ2v) is 6.32. The zero-order valence-electron chi connectivity index (χ0n) is 11.5. The van der Waals surface area contributed by atoms with Crippen LogP contribution in [0, 0.1) is 4.91 Å². The molecule has 0 amide bonds. The van der Waals surface area contributed by atoms with Crippen molar-refractivity contribution >= 4 is 34.9 Å². The number of hydrogen-bond donors (Lipinski definition) is 0. The van der Waals surface area contributed by atoms with Gasteiger partial charge in [0.15, 0.2) is 11.7 Å². The van der Waals surface area contributed by atoms with Gasteiger partial charge in [0.2, 0.25) is 0 Å². The van der Waals surface area contributed by atoms with Crippen molar-refractivity contribution in [2.45, 2.75) is 17.9 Å². The van der Waals surface area contributed by atoms with Gasteiger partial charge in [0, 0.05) is 9.92 Å². The Kier molecular flexibility index (Phi) is 4.08. The van der Waals surface area contributed by atoms with Gasteiger partial charge in [0.05, 0.1) is 5.56 Å². The molecular formula is C16H14ClN2OS+. The Balaban J connectivity index is 1.81. The van der Waals surface area contributed by atoms with Gasteiger partial charge in [0.25, 0.3) is 0 Å². The van der Waals surface area contributed by atoms with E-state index in [1.165, 1.54) is 0 Å². The SMILES string of the molecule is CC1c2ccccc2N=C(CSc2ccc(Cl)cc2)[N+]1=O. The summed E-state index contributed by atoms with van der Waals surface area (Å²) in [6.45, 7) is 1.91. The third-order valence-corrected chi connectivity index (χ3v) is 4.68.